The lowest BCUT2D eigenvalue weighted by Crippen LogP contribution is -2.14. The van der Waals surface area contributed by atoms with Crippen molar-refractivity contribution in [1.29, 1.82) is 0 Å². The van der Waals surface area contributed by atoms with Gasteiger partial charge in [0.05, 0.1) is 0 Å². The molecule has 0 aliphatic rings. The molecular formula is C25H19NO. The first-order valence-electron chi connectivity index (χ1n) is 8.91. The Kier molecular flexibility index (Phi) is 4.80. The Labute approximate surface area is 159 Å². The second-order valence-corrected chi connectivity index (χ2v) is 6.31. The van der Waals surface area contributed by atoms with E-state index in [9.17, 15) is 4.79 Å². The molecule has 0 saturated heterocycles. The minimum Gasteiger partial charge on any atom is -0.284 e. The third kappa shape index (κ3) is 3.65. The number of rotatable bonds is 5. The average Bonchev–Trinajstić information content (AvgIpc) is 2.76. The topological polar surface area (TPSA) is 20.3 Å². The van der Waals surface area contributed by atoms with Gasteiger partial charge in [0.25, 0.3) is 0 Å². The van der Waals surface area contributed by atoms with E-state index < -0.39 is 0 Å². The lowest BCUT2D eigenvalue weighted by molar-refractivity contribution is -0.106. The first-order valence-corrected chi connectivity index (χ1v) is 8.91. The SMILES string of the molecule is O=CN(c1cccc(-c2ccccc2)c1)c1cccc(-c2ccccc2)c1. The Morgan fingerprint density at radius 3 is 1.30 bits per heavy atom. The van der Waals surface area contributed by atoms with Crippen LogP contribution in [0, 0.1) is 0 Å². The molecule has 0 aliphatic carbocycles. The smallest absolute Gasteiger partial charge is 0.218 e. The molecule has 4 aromatic rings. The van der Waals surface area contributed by atoms with E-state index in [0.717, 1.165) is 40.0 Å². The summed E-state index contributed by atoms with van der Waals surface area (Å²) in [6, 6.07) is 36.4. The second-order valence-electron chi connectivity index (χ2n) is 6.31. The lowest BCUT2D eigenvalue weighted by atomic mass is 10.0. The number of hydrogen-bond acceptors (Lipinski definition) is 1. The van der Waals surface area contributed by atoms with Crippen molar-refractivity contribution in [3.8, 4) is 22.3 Å². The van der Waals surface area contributed by atoms with Crippen molar-refractivity contribution < 1.29 is 4.79 Å². The Balaban J connectivity index is 1.72. The zero-order valence-corrected chi connectivity index (χ0v) is 14.8. The van der Waals surface area contributed by atoms with Gasteiger partial charge >= 0.3 is 0 Å². The molecule has 0 bridgehead atoms. The van der Waals surface area contributed by atoms with Crippen LogP contribution in [0.5, 0.6) is 0 Å². The van der Waals surface area contributed by atoms with Gasteiger partial charge in [0.1, 0.15) is 0 Å². The minimum absolute atomic E-state index is 0.844. The van der Waals surface area contributed by atoms with Gasteiger partial charge in [-0.3, -0.25) is 9.69 Å². The molecule has 0 unspecified atom stereocenters. The van der Waals surface area contributed by atoms with Crippen LogP contribution < -0.4 is 4.90 Å². The predicted molar refractivity (Wildman–Crippen MR) is 112 cm³/mol. The van der Waals surface area contributed by atoms with Gasteiger partial charge in [-0.2, -0.15) is 0 Å². The van der Waals surface area contributed by atoms with Crippen molar-refractivity contribution in [3.05, 3.63) is 109 Å². The highest BCUT2D eigenvalue weighted by atomic mass is 16.1. The van der Waals surface area contributed by atoms with Gasteiger partial charge < -0.3 is 0 Å². The second kappa shape index (κ2) is 7.71. The number of carbonyl (C=O) groups is 1. The normalized spacial score (nSPS) is 10.4. The highest BCUT2D eigenvalue weighted by Gasteiger charge is 2.10. The minimum atomic E-state index is 0.844. The first kappa shape index (κ1) is 16.8. The Bertz CT molecular complexity index is 959. The summed E-state index contributed by atoms with van der Waals surface area (Å²) in [5.41, 5.74) is 6.11. The van der Waals surface area contributed by atoms with Crippen molar-refractivity contribution in [2.24, 2.45) is 0 Å². The summed E-state index contributed by atoms with van der Waals surface area (Å²) in [5, 5.41) is 0. The molecule has 0 spiro atoms. The standard InChI is InChI=1S/C25H19NO/c27-19-26(24-15-7-13-22(17-24)20-9-3-1-4-10-20)25-16-8-14-23(18-25)21-11-5-2-6-12-21/h1-19H. The number of carbonyl (C=O) groups excluding carboxylic acids is 1. The van der Waals surface area contributed by atoms with Gasteiger partial charge in [0.2, 0.25) is 6.41 Å². The molecule has 4 rings (SSSR count). The maximum Gasteiger partial charge on any atom is 0.218 e. The Morgan fingerprint density at radius 1 is 0.481 bits per heavy atom. The van der Waals surface area contributed by atoms with Gasteiger partial charge in [-0.05, 0) is 46.5 Å². The van der Waals surface area contributed by atoms with Crippen molar-refractivity contribution in [1.82, 2.24) is 0 Å². The van der Waals surface area contributed by atoms with Gasteiger partial charge in [0, 0.05) is 11.4 Å². The van der Waals surface area contributed by atoms with Crippen molar-refractivity contribution >= 4 is 17.8 Å². The Hall–Kier alpha value is -3.65. The highest BCUT2D eigenvalue weighted by molar-refractivity contribution is 5.89. The summed E-state index contributed by atoms with van der Waals surface area (Å²) in [4.78, 5) is 13.6. The molecule has 0 atom stereocenters. The fourth-order valence-electron chi connectivity index (χ4n) is 3.20. The molecule has 130 valence electrons. The summed E-state index contributed by atoms with van der Waals surface area (Å²) >= 11 is 0. The molecule has 1 amide bonds. The van der Waals surface area contributed by atoms with E-state index >= 15 is 0 Å². The molecule has 4 aromatic carbocycles. The van der Waals surface area contributed by atoms with E-state index in [4.69, 9.17) is 0 Å². The Morgan fingerprint density at radius 2 is 0.889 bits per heavy atom. The number of hydrogen-bond donors (Lipinski definition) is 0. The van der Waals surface area contributed by atoms with E-state index in [1.165, 1.54) is 0 Å². The van der Waals surface area contributed by atoms with Crippen molar-refractivity contribution in [3.63, 3.8) is 0 Å². The third-order valence-corrected chi connectivity index (χ3v) is 4.57. The third-order valence-electron chi connectivity index (χ3n) is 4.57. The van der Waals surface area contributed by atoms with Crippen LogP contribution in [0.25, 0.3) is 22.3 Å². The van der Waals surface area contributed by atoms with Crippen LogP contribution in [0.1, 0.15) is 0 Å². The van der Waals surface area contributed by atoms with Gasteiger partial charge in [-0.25, -0.2) is 0 Å². The van der Waals surface area contributed by atoms with Crippen LogP contribution in [0.4, 0.5) is 11.4 Å². The highest BCUT2D eigenvalue weighted by Crippen LogP contribution is 2.31. The summed E-state index contributed by atoms with van der Waals surface area (Å²) in [6.07, 6.45) is 0.869. The summed E-state index contributed by atoms with van der Waals surface area (Å²) < 4.78 is 0. The summed E-state index contributed by atoms with van der Waals surface area (Å²) in [7, 11) is 0. The van der Waals surface area contributed by atoms with Gasteiger partial charge in [-0.15, -0.1) is 0 Å². The molecule has 27 heavy (non-hydrogen) atoms. The van der Waals surface area contributed by atoms with E-state index in [-0.39, 0.29) is 0 Å². The molecule has 2 nitrogen and oxygen atoms in total. The summed E-state index contributed by atoms with van der Waals surface area (Å²) in [6.45, 7) is 0. The van der Waals surface area contributed by atoms with Crippen molar-refractivity contribution in [2.45, 2.75) is 0 Å². The monoisotopic (exact) mass is 349 g/mol. The zero-order valence-electron chi connectivity index (χ0n) is 14.8. The molecule has 0 aromatic heterocycles. The molecule has 0 heterocycles. The van der Waals surface area contributed by atoms with Crippen LogP contribution in [0.2, 0.25) is 0 Å². The molecule has 2 heteroatoms. The quantitative estimate of drug-likeness (QED) is 0.386. The lowest BCUT2D eigenvalue weighted by Gasteiger charge is -2.19. The van der Waals surface area contributed by atoms with Gasteiger partial charge in [0.15, 0.2) is 0 Å². The zero-order chi connectivity index (χ0) is 18.5. The van der Waals surface area contributed by atoms with Crippen LogP contribution >= 0.6 is 0 Å². The van der Waals surface area contributed by atoms with Crippen LogP contribution in [-0.4, -0.2) is 6.41 Å². The van der Waals surface area contributed by atoms with E-state index in [1.807, 2.05) is 72.8 Å². The van der Waals surface area contributed by atoms with E-state index in [0.29, 0.717) is 0 Å². The fraction of sp³-hybridized carbons (Fsp3) is 0. The van der Waals surface area contributed by atoms with Crippen LogP contribution in [-0.2, 0) is 4.79 Å². The average molecular weight is 349 g/mol. The molecule has 0 N–H and O–H groups in total. The van der Waals surface area contributed by atoms with Crippen LogP contribution in [0.3, 0.4) is 0 Å². The van der Waals surface area contributed by atoms with Crippen molar-refractivity contribution in [2.75, 3.05) is 4.90 Å². The largest absolute Gasteiger partial charge is 0.284 e. The van der Waals surface area contributed by atoms with Gasteiger partial charge in [-0.1, -0.05) is 84.9 Å². The van der Waals surface area contributed by atoms with E-state index in [2.05, 4.69) is 36.4 Å². The molecule has 0 fully saturated rings. The molecule has 0 aliphatic heterocycles. The number of anilines is 2. The molecular weight excluding hydrogens is 330 g/mol. The molecule has 0 radical (unpaired) electrons. The number of benzene rings is 4. The van der Waals surface area contributed by atoms with E-state index in [1.54, 1.807) is 4.90 Å². The first-order chi connectivity index (χ1) is 13.3. The fourth-order valence-corrected chi connectivity index (χ4v) is 3.20. The maximum absolute atomic E-state index is 11.9. The number of nitrogens with zero attached hydrogens (tertiary/aromatic N) is 1. The summed E-state index contributed by atoms with van der Waals surface area (Å²) in [5.74, 6) is 0. The molecule has 0 saturated carbocycles. The van der Waals surface area contributed by atoms with Crippen LogP contribution in [0.15, 0.2) is 109 Å². The maximum atomic E-state index is 11.9. The predicted octanol–water partition coefficient (Wildman–Crippen LogP) is 6.32. The number of amides is 1.